The minimum Gasteiger partial charge on any atom is -0.461 e. The second-order valence-corrected chi connectivity index (χ2v) is 6.77. The zero-order chi connectivity index (χ0) is 20.1. The largest absolute Gasteiger partial charge is 0.461 e. The maximum atomic E-state index is 5.32. The molecule has 0 saturated carbocycles. The molecule has 2 aromatic carbocycles. The molecule has 7 heteroatoms. The molecule has 0 saturated heterocycles. The molecule has 2 heterocycles. The highest BCUT2D eigenvalue weighted by atomic mass is 16.3. The third-order valence-electron chi connectivity index (χ3n) is 4.79. The third-order valence-corrected chi connectivity index (χ3v) is 4.79. The van der Waals surface area contributed by atoms with Crippen molar-refractivity contribution in [2.45, 2.75) is 19.4 Å². The normalized spacial score (nSPS) is 12.8. The Morgan fingerprint density at radius 2 is 2.00 bits per heavy atom. The Morgan fingerprint density at radius 3 is 2.83 bits per heavy atom. The Morgan fingerprint density at radius 1 is 1.14 bits per heavy atom. The SMILES string of the molecule is CN=C(NCCc1nc(-c2ccco2)n[nH]1)NC(C)c1cccc2ccccc12. The van der Waals surface area contributed by atoms with E-state index in [9.17, 15) is 0 Å². The van der Waals surface area contributed by atoms with Gasteiger partial charge < -0.3 is 15.1 Å². The highest BCUT2D eigenvalue weighted by Gasteiger charge is 2.12. The predicted molar refractivity (Wildman–Crippen MR) is 115 cm³/mol. The van der Waals surface area contributed by atoms with E-state index in [2.05, 4.69) is 80.2 Å². The lowest BCUT2D eigenvalue weighted by atomic mass is 10.00. The molecule has 4 rings (SSSR count). The molecule has 148 valence electrons. The minimum atomic E-state index is 0.114. The van der Waals surface area contributed by atoms with Crippen LogP contribution in [0, 0.1) is 0 Å². The van der Waals surface area contributed by atoms with Crippen molar-refractivity contribution in [2.75, 3.05) is 13.6 Å². The van der Waals surface area contributed by atoms with Gasteiger partial charge in [0.1, 0.15) is 5.82 Å². The van der Waals surface area contributed by atoms with E-state index in [1.165, 1.54) is 16.3 Å². The maximum absolute atomic E-state index is 5.32. The summed E-state index contributed by atoms with van der Waals surface area (Å²) >= 11 is 0. The number of aromatic nitrogens is 3. The molecule has 0 aliphatic carbocycles. The first-order valence-electron chi connectivity index (χ1n) is 9.64. The van der Waals surface area contributed by atoms with Gasteiger partial charge in [-0.2, -0.15) is 5.10 Å². The number of aromatic amines is 1. The zero-order valence-electron chi connectivity index (χ0n) is 16.5. The van der Waals surface area contributed by atoms with Gasteiger partial charge in [-0.15, -0.1) is 0 Å². The van der Waals surface area contributed by atoms with Crippen molar-refractivity contribution >= 4 is 16.7 Å². The van der Waals surface area contributed by atoms with Gasteiger partial charge in [-0.05, 0) is 35.4 Å². The number of furan rings is 1. The van der Waals surface area contributed by atoms with Crippen LogP contribution in [0.4, 0.5) is 0 Å². The van der Waals surface area contributed by atoms with Crippen LogP contribution in [-0.2, 0) is 6.42 Å². The molecule has 0 bridgehead atoms. The molecule has 0 aliphatic heterocycles. The number of hydrogen-bond acceptors (Lipinski definition) is 4. The lowest BCUT2D eigenvalue weighted by molar-refractivity contribution is 0.577. The van der Waals surface area contributed by atoms with Crippen molar-refractivity contribution in [3.05, 3.63) is 72.2 Å². The first-order valence-corrected chi connectivity index (χ1v) is 9.64. The van der Waals surface area contributed by atoms with E-state index in [1.54, 1.807) is 13.3 Å². The number of hydrogen-bond donors (Lipinski definition) is 3. The second kappa shape index (κ2) is 8.60. The van der Waals surface area contributed by atoms with Crippen LogP contribution in [-0.4, -0.2) is 34.7 Å². The number of H-pyrrole nitrogens is 1. The molecule has 0 fully saturated rings. The molecule has 2 aromatic heterocycles. The number of fused-ring (bicyclic) bond motifs is 1. The van der Waals surface area contributed by atoms with Crippen molar-refractivity contribution < 1.29 is 4.42 Å². The van der Waals surface area contributed by atoms with Gasteiger partial charge in [-0.25, -0.2) is 4.98 Å². The number of rotatable bonds is 6. The number of nitrogens with one attached hydrogen (secondary N) is 3. The molecule has 4 aromatic rings. The fourth-order valence-electron chi connectivity index (χ4n) is 3.33. The van der Waals surface area contributed by atoms with E-state index in [0.29, 0.717) is 24.6 Å². The summed E-state index contributed by atoms with van der Waals surface area (Å²) in [6, 6.07) is 18.6. The Hall–Kier alpha value is -3.61. The third kappa shape index (κ3) is 4.29. The lowest BCUT2D eigenvalue weighted by Crippen LogP contribution is -2.39. The van der Waals surface area contributed by atoms with E-state index in [1.807, 2.05) is 12.1 Å². The van der Waals surface area contributed by atoms with Crippen LogP contribution in [0.3, 0.4) is 0 Å². The van der Waals surface area contributed by atoms with Crippen molar-refractivity contribution in [3.8, 4) is 11.6 Å². The molecule has 7 nitrogen and oxygen atoms in total. The Labute approximate surface area is 169 Å². The smallest absolute Gasteiger partial charge is 0.216 e. The van der Waals surface area contributed by atoms with Gasteiger partial charge in [-0.1, -0.05) is 42.5 Å². The first-order chi connectivity index (χ1) is 14.2. The number of benzene rings is 2. The maximum Gasteiger partial charge on any atom is 0.216 e. The van der Waals surface area contributed by atoms with Crippen LogP contribution >= 0.6 is 0 Å². The highest BCUT2D eigenvalue weighted by molar-refractivity contribution is 5.87. The Bertz CT molecular complexity index is 1090. The van der Waals surface area contributed by atoms with E-state index in [4.69, 9.17) is 4.42 Å². The Kier molecular flexibility index (Phi) is 5.56. The number of guanidine groups is 1. The van der Waals surface area contributed by atoms with Gasteiger partial charge in [0, 0.05) is 20.0 Å². The van der Waals surface area contributed by atoms with Crippen LogP contribution in [0.1, 0.15) is 24.4 Å². The summed E-state index contributed by atoms with van der Waals surface area (Å²) in [7, 11) is 1.77. The molecule has 29 heavy (non-hydrogen) atoms. The van der Waals surface area contributed by atoms with Crippen molar-refractivity contribution in [3.63, 3.8) is 0 Å². The van der Waals surface area contributed by atoms with Gasteiger partial charge in [0.15, 0.2) is 11.7 Å². The van der Waals surface area contributed by atoms with Crippen LogP contribution < -0.4 is 10.6 Å². The lowest BCUT2D eigenvalue weighted by Gasteiger charge is -2.19. The fraction of sp³-hybridized carbons (Fsp3) is 0.227. The standard InChI is InChI=1S/C22H24N6O/c1-15(17-10-5-8-16-7-3-4-9-18(16)17)25-22(23-2)24-13-12-20-26-21(28-27-20)19-11-6-14-29-19/h3-11,14-15H,12-13H2,1-2H3,(H2,23,24,25)(H,26,27,28). The van der Waals surface area contributed by atoms with Gasteiger partial charge in [0.05, 0.1) is 12.3 Å². The van der Waals surface area contributed by atoms with Crippen molar-refractivity contribution in [2.24, 2.45) is 4.99 Å². The highest BCUT2D eigenvalue weighted by Crippen LogP contribution is 2.23. The molecule has 1 atom stereocenters. The van der Waals surface area contributed by atoms with Gasteiger partial charge in [-0.3, -0.25) is 10.1 Å². The van der Waals surface area contributed by atoms with E-state index >= 15 is 0 Å². The van der Waals surface area contributed by atoms with Crippen LogP contribution in [0.5, 0.6) is 0 Å². The summed E-state index contributed by atoms with van der Waals surface area (Å²) in [5.41, 5.74) is 1.24. The van der Waals surface area contributed by atoms with Crippen LogP contribution in [0.15, 0.2) is 70.3 Å². The summed E-state index contributed by atoms with van der Waals surface area (Å²) in [5.74, 6) is 2.76. The van der Waals surface area contributed by atoms with E-state index in [0.717, 1.165) is 11.8 Å². The van der Waals surface area contributed by atoms with E-state index in [-0.39, 0.29) is 6.04 Å². The van der Waals surface area contributed by atoms with Crippen molar-refractivity contribution in [1.29, 1.82) is 0 Å². The average molecular weight is 388 g/mol. The average Bonchev–Trinajstić information content (AvgIpc) is 3.44. The predicted octanol–water partition coefficient (Wildman–Crippen LogP) is 3.69. The van der Waals surface area contributed by atoms with Crippen LogP contribution in [0.25, 0.3) is 22.4 Å². The van der Waals surface area contributed by atoms with Gasteiger partial charge in [0.2, 0.25) is 5.82 Å². The Balaban J connectivity index is 1.35. The molecular weight excluding hydrogens is 364 g/mol. The quantitative estimate of drug-likeness (QED) is 0.346. The molecule has 0 radical (unpaired) electrons. The minimum absolute atomic E-state index is 0.114. The van der Waals surface area contributed by atoms with Crippen LogP contribution in [0.2, 0.25) is 0 Å². The summed E-state index contributed by atoms with van der Waals surface area (Å²) in [5, 5.41) is 16.4. The summed E-state index contributed by atoms with van der Waals surface area (Å²) in [4.78, 5) is 8.80. The molecule has 1 unspecified atom stereocenters. The molecule has 3 N–H and O–H groups in total. The van der Waals surface area contributed by atoms with Gasteiger partial charge >= 0.3 is 0 Å². The first kappa shape index (κ1) is 18.7. The number of nitrogens with zero attached hydrogens (tertiary/aromatic N) is 3. The van der Waals surface area contributed by atoms with E-state index < -0.39 is 0 Å². The zero-order valence-corrected chi connectivity index (χ0v) is 16.5. The molecule has 0 spiro atoms. The van der Waals surface area contributed by atoms with Gasteiger partial charge in [0.25, 0.3) is 0 Å². The summed E-state index contributed by atoms with van der Waals surface area (Å²) < 4.78 is 5.32. The number of aliphatic imine (C=N–C) groups is 1. The second-order valence-electron chi connectivity index (χ2n) is 6.77. The monoisotopic (exact) mass is 388 g/mol. The topological polar surface area (TPSA) is 91.1 Å². The fourth-order valence-corrected chi connectivity index (χ4v) is 3.33. The van der Waals surface area contributed by atoms with Crippen molar-refractivity contribution in [1.82, 2.24) is 25.8 Å². The molecular formula is C22H24N6O. The molecule has 0 aliphatic rings. The summed E-state index contributed by atoms with van der Waals surface area (Å²) in [6.45, 7) is 2.81. The summed E-state index contributed by atoms with van der Waals surface area (Å²) in [6.07, 6.45) is 2.30. The molecule has 0 amide bonds.